The number of piperazine rings is 1. The lowest BCUT2D eigenvalue weighted by molar-refractivity contribution is -0.117. The highest BCUT2D eigenvalue weighted by Crippen LogP contribution is 2.22. The lowest BCUT2D eigenvalue weighted by Crippen LogP contribution is -2.51. The SMILES string of the molecule is CC(C)(C)c1ccc(CN2CCN(C(=O)NCCC(N)=O)CC2)cc1. The number of nitrogens with one attached hydrogen (secondary N) is 1. The molecule has 3 N–H and O–H groups in total. The number of rotatable bonds is 5. The maximum Gasteiger partial charge on any atom is 0.317 e. The van der Waals surface area contributed by atoms with Crippen molar-refractivity contribution >= 4 is 11.9 Å². The van der Waals surface area contributed by atoms with Crippen LogP contribution in [0.1, 0.15) is 38.3 Å². The second-order valence-corrected chi connectivity index (χ2v) is 7.66. The Kier molecular flexibility index (Phi) is 6.42. The van der Waals surface area contributed by atoms with Crippen molar-refractivity contribution in [2.75, 3.05) is 32.7 Å². The number of primary amides is 1. The number of hydrogen-bond acceptors (Lipinski definition) is 3. The second kappa shape index (κ2) is 8.34. The number of hydrogen-bond donors (Lipinski definition) is 2. The van der Waals surface area contributed by atoms with E-state index in [4.69, 9.17) is 5.73 Å². The summed E-state index contributed by atoms with van der Waals surface area (Å²) >= 11 is 0. The molecule has 0 aliphatic carbocycles. The van der Waals surface area contributed by atoms with Crippen molar-refractivity contribution in [1.29, 1.82) is 0 Å². The lowest BCUT2D eigenvalue weighted by atomic mass is 9.87. The summed E-state index contributed by atoms with van der Waals surface area (Å²) in [5.41, 5.74) is 7.88. The van der Waals surface area contributed by atoms with E-state index >= 15 is 0 Å². The largest absolute Gasteiger partial charge is 0.370 e. The van der Waals surface area contributed by atoms with Crippen molar-refractivity contribution in [3.05, 3.63) is 35.4 Å². The predicted octanol–water partition coefficient (Wildman–Crippen LogP) is 1.69. The molecule has 1 saturated heterocycles. The van der Waals surface area contributed by atoms with Crippen LogP contribution in [0.2, 0.25) is 0 Å². The standard InChI is InChI=1S/C19H30N4O2/c1-19(2,3)16-6-4-15(5-7-16)14-22-10-12-23(13-11-22)18(25)21-9-8-17(20)24/h4-7H,8-14H2,1-3H3,(H2,20,24)(H,21,25). The van der Waals surface area contributed by atoms with Crippen LogP contribution in [0.5, 0.6) is 0 Å². The van der Waals surface area contributed by atoms with Gasteiger partial charge in [-0.2, -0.15) is 0 Å². The maximum absolute atomic E-state index is 12.0. The zero-order valence-corrected chi connectivity index (χ0v) is 15.5. The van der Waals surface area contributed by atoms with Gasteiger partial charge in [-0.25, -0.2) is 4.79 Å². The summed E-state index contributed by atoms with van der Waals surface area (Å²) in [4.78, 5) is 26.9. The van der Waals surface area contributed by atoms with E-state index in [2.05, 4.69) is 55.3 Å². The molecular weight excluding hydrogens is 316 g/mol. The van der Waals surface area contributed by atoms with Crippen molar-refractivity contribution in [1.82, 2.24) is 15.1 Å². The van der Waals surface area contributed by atoms with Gasteiger partial charge in [0.1, 0.15) is 0 Å². The molecule has 1 aromatic rings. The van der Waals surface area contributed by atoms with E-state index in [0.717, 1.165) is 19.6 Å². The second-order valence-electron chi connectivity index (χ2n) is 7.66. The molecule has 0 spiro atoms. The minimum absolute atomic E-state index is 0.115. The number of carbonyl (C=O) groups excluding carboxylic acids is 2. The van der Waals surface area contributed by atoms with Crippen molar-refractivity contribution in [2.24, 2.45) is 5.73 Å². The van der Waals surface area contributed by atoms with Gasteiger partial charge in [0.2, 0.25) is 5.91 Å². The van der Waals surface area contributed by atoms with E-state index in [1.165, 1.54) is 11.1 Å². The molecule has 1 aliphatic rings. The number of nitrogens with two attached hydrogens (primary N) is 1. The monoisotopic (exact) mass is 346 g/mol. The number of carbonyl (C=O) groups is 2. The summed E-state index contributed by atoms with van der Waals surface area (Å²) in [5, 5.41) is 2.74. The van der Waals surface area contributed by atoms with Gasteiger partial charge in [-0.3, -0.25) is 9.69 Å². The minimum Gasteiger partial charge on any atom is -0.370 e. The zero-order valence-electron chi connectivity index (χ0n) is 15.5. The van der Waals surface area contributed by atoms with Gasteiger partial charge < -0.3 is 16.0 Å². The Morgan fingerprint density at radius 2 is 1.68 bits per heavy atom. The molecule has 0 saturated carbocycles. The third-order valence-electron chi connectivity index (χ3n) is 4.53. The third kappa shape index (κ3) is 6.05. The highest BCUT2D eigenvalue weighted by molar-refractivity contribution is 5.77. The first kappa shape index (κ1) is 19.2. The maximum atomic E-state index is 12.0. The number of amides is 3. The van der Waals surface area contributed by atoms with E-state index in [9.17, 15) is 9.59 Å². The summed E-state index contributed by atoms with van der Waals surface area (Å²) in [5.74, 6) is -0.400. The lowest BCUT2D eigenvalue weighted by Gasteiger charge is -2.34. The molecule has 1 fully saturated rings. The van der Waals surface area contributed by atoms with Crippen LogP contribution in [0.3, 0.4) is 0 Å². The highest BCUT2D eigenvalue weighted by atomic mass is 16.2. The predicted molar refractivity (Wildman–Crippen MR) is 99.2 cm³/mol. The molecule has 1 aliphatic heterocycles. The van der Waals surface area contributed by atoms with Crippen LogP contribution >= 0.6 is 0 Å². The van der Waals surface area contributed by atoms with Gasteiger partial charge in [-0.05, 0) is 16.5 Å². The third-order valence-corrected chi connectivity index (χ3v) is 4.53. The smallest absolute Gasteiger partial charge is 0.317 e. The van der Waals surface area contributed by atoms with Gasteiger partial charge in [0, 0.05) is 45.7 Å². The fourth-order valence-corrected chi connectivity index (χ4v) is 2.88. The fourth-order valence-electron chi connectivity index (χ4n) is 2.88. The average Bonchev–Trinajstić information content (AvgIpc) is 2.55. The fraction of sp³-hybridized carbons (Fsp3) is 0.579. The molecule has 25 heavy (non-hydrogen) atoms. The normalized spacial score (nSPS) is 15.9. The van der Waals surface area contributed by atoms with Crippen molar-refractivity contribution in [3.8, 4) is 0 Å². The topological polar surface area (TPSA) is 78.7 Å². The molecule has 0 bridgehead atoms. The Morgan fingerprint density at radius 1 is 1.08 bits per heavy atom. The van der Waals surface area contributed by atoms with Crippen molar-refractivity contribution in [3.63, 3.8) is 0 Å². The minimum atomic E-state index is -0.400. The van der Waals surface area contributed by atoms with Gasteiger partial charge in [-0.1, -0.05) is 45.0 Å². The molecule has 1 aromatic carbocycles. The van der Waals surface area contributed by atoms with Gasteiger partial charge in [-0.15, -0.1) is 0 Å². The molecule has 3 amide bonds. The summed E-state index contributed by atoms with van der Waals surface area (Å²) in [6.07, 6.45) is 0.177. The Hall–Kier alpha value is -2.08. The first-order valence-corrected chi connectivity index (χ1v) is 8.88. The molecule has 1 heterocycles. The summed E-state index contributed by atoms with van der Waals surface area (Å²) in [7, 11) is 0. The quantitative estimate of drug-likeness (QED) is 0.851. The van der Waals surface area contributed by atoms with Crippen molar-refractivity contribution < 1.29 is 9.59 Å². The van der Waals surface area contributed by atoms with E-state index in [1.54, 1.807) is 4.90 Å². The van der Waals surface area contributed by atoms with Crippen LogP contribution in [-0.4, -0.2) is 54.5 Å². The molecule has 0 atom stereocenters. The molecule has 6 heteroatoms. The highest BCUT2D eigenvalue weighted by Gasteiger charge is 2.21. The van der Waals surface area contributed by atoms with E-state index < -0.39 is 5.91 Å². The van der Waals surface area contributed by atoms with Gasteiger partial charge in [0.15, 0.2) is 0 Å². The molecular formula is C19H30N4O2. The van der Waals surface area contributed by atoms with Crippen molar-refractivity contribution in [2.45, 2.75) is 39.2 Å². The van der Waals surface area contributed by atoms with E-state index in [0.29, 0.717) is 19.6 Å². The van der Waals surface area contributed by atoms with Gasteiger partial charge in [0.25, 0.3) is 0 Å². The molecule has 0 aromatic heterocycles. The van der Waals surface area contributed by atoms with Crippen LogP contribution in [0, 0.1) is 0 Å². The van der Waals surface area contributed by atoms with Crippen LogP contribution < -0.4 is 11.1 Å². The van der Waals surface area contributed by atoms with E-state index in [-0.39, 0.29) is 17.9 Å². The van der Waals surface area contributed by atoms with E-state index in [1.807, 2.05) is 0 Å². The number of nitrogens with zero attached hydrogens (tertiary/aromatic N) is 2. The molecule has 0 radical (unpaired) electrons. The number of urea groups is 1. The molecule has 0 unspecified atom stereocenters. The Labute approximate surface area is 150 Å². The molecule has 2 rings (SSSR count). The van der Waals surface area contributed by atoms with Gasteiger partial charge in [0.05, 0.1) is 0 Å². The Balaban J connectivity index is 1.76. The van der Waals surface area contributed by atoms with Crippen LogP contribution in [0.4, 0.5) is 4.79 Å². The first-order chi connectivity index (χ1) is 11.8. The van der Waals surface area contributed by atoms with Crippen LogP contribution in [0.15, 0.2) is 24.3 Å². The summed E-state index contributed by atoms with van der Waals surface area (Å²) < 4.78 is 0. The Bertz CT molecular complexity index is 584. The van der Waals surface area contributed by atoms with Crippen LogP contribution in [0.25, 0.3) is 0 Å². The molecule has 138 valence electrons. The summed E-state index contributed by atoms with van der Waals surface area (Å²) in [6.45, 7) is 11.0. The molecule has 6 nitrogen and oxygen atoms in total. The summed E-state index contributed by atoms with van der Waals surface area (Å²) in [6, 6.07) is 8.69. The zero-order chi connectivity index (χ0) is 18.4. The Morgan fingerprint density at radius 3 is 2.20 bits per heavy atom. The first-order valence-electron chi connectivity index (χ1n) is 8.88. The van der Waals surface area contributed by atoms with Gasteiger partial charge >= 0.3 is 6.03 Å². The number of benzene rings is 1. The van der Waals surface area contributed by atoms with Crippen LogP contribution in [-0.2, 0) is 16.8 Å². The average molecular weight is 346 g/mol.